The minimum Gasteiger partial charge on any atom is -0.496 e. The Hall–Kier alpha value is -2.60. The highest BCUT2D eigenvalue weighted by atomic mass is 19.1. The van der Waals surface area contributed by atoms with Gasteiger partial charge < -0.3 is 19.9 Å². The number of anilines is 1. The number of nitrogens with one attached hydrogen (secondary N) is 1. The van der Waals surface area contributed by atoms with Gasteiger partial charge in [0.1, 0.15) is 11.6 Å². The van der Waals surface area contributed by atoms with Gasteiger partial charge in [0.05, 0.1) is 13.2 Å². The van der Waals surface area contributed by atoms with Crippen molar-refractivity contribution in [2.75, 3.05) is 45.2 Å². The number of carbonyl (C=O) groups is 1. The number of methoxy groups -OCH3 is 1. The summed E-state index contributed by atoms with van der Waals surface area (Å²) in [4.78, 5) is 17.3. The molecule has 3 rings (SSSR count). The van der Waals surface area contributed by atoms with E-state index in [1.54, 1.807) is 19.2 Å². The van der Waals surface area contributed by atoms with Crippen LogP contribution in [0.2, 0.25) is 0 Å². The molecule has 150 valence electrons. The monoisotopic (exact) mass is 385 g/mol. The fourth-order valence-corrected chi connectivity index (χ4v) is 3.53. The third kappa shape index (κ3) is 4.44. The molecule has 0 saturated carbocycles. The molecule has 0 spiro atoms. The van der Waals surface area contributed by atoms with Crippen LogP contribution in [0, 0.1) is 12.7 Å². The molecule has 1 aliphatic heterocycles. The van der Waals surface area contributed by atoms with Crippen molar-refractivity contribution >= 4 is 11.6 Å². The van der Waals surface area contributed by atoms with Crippen LogP contribution in [0.4, 0.5) is 10.1 Å². The summed E-state index contributed by atoms with van der Waals surface area (Å²) in [5.41, 5.74) is 3.25. The molecule has 1 amide bonds. The predicted octanol–water partition coefficient (Wildman–Crippen LogP) is 3.39. The molecule has 0 bridgehead atoms. The largest absolute Gasteiger partial charge is 0.496 e. The van der Waals surface area contributed by atoms with Gasteiger partial charge in [0, 0.05) is 43.0 Å². The number of hydrogen-bond donors (Lipinski definition) is 1. The van der Waals surface area contributed by atoms with Gasteiger partial charge in [0.2, 0.25) is 0 Å². The van der Waals surface area contributed by atoms with Gasteiger partial charge in [-0.15, -0.1) is 0 Å². The summed E-state index contributed by atoms with van der Waals surface area (Å²) in [6.45, 7) is 7.49. The number of nitrogens with zero attached hydrogens (tertiary/aromatic N) is 2. The van der Waals surface area contributed by atoms with Crippen LogP contribution in [0.25, 0.3) is 0 Å². The molecule has 1 atom stereocenters. The Balaban J connectivity index is 1.81. The third-order valence-corrected chi connectivity index (χ3v) is 5.32. The molecule has 1 unspecified atom stereocenters. The first kappa shape index (κ1) is 20.1. The minimum atomic E-state index is -0.329. The maximum absolute atomic E-state index is 14.0. The average molecular weight is 385 g/mol. The molecule has 5 nitrogen and oxygen atoms in total. The molecule has 1 N–H and O–H groups in total. The SMILES string of the molecule is COc1cc(C(=O)NC(C)c2cc(F)ccc2N2CCN(C)CC2)ccc1C. The Morgan fingerprint density at radius 1 is 1.14 bits per heavy atom. The number of carbonyl (C=O) groups excluding carboxylic acids is 1. The van der Waals surface area contributed by atoms with Crippen molar-refractivity contribution < 1.29 is 13.9 Å². The molecular formula is C22H28FN3O2. The molecule has 28 heavy (non-hydrogen) atoms. The lowest BCUT2D eigenvalue weighted by Crippen LogP contribution is -2.45. The van der Waals surface area contributed by atoms with Crippen LogP contribution in [0.1, 0.15) is 34.5 Å². The molecule has 0 radical (unpaired) electrons. The molecule has 0 aromatic heterocycles. The van der Waals surface area contributed by atoms with Crippen molar-refractivity contribution in [1.82, 2.24) is 10.2 Å². The number of likely N-dealkylation sites (N-methyl/N-ethyl adjacent to an activating group) is 1. The van der Waals surface area contributed by atoms with E-state index in [1.165, 1.54) is 12.1 Å². The number of piperazine rings is 1. The quantitative estimate of drug-likeness (QED) is 0.857. The smallest absolute Gasteiger partial charge is 0.251 e. The second-order valence-corrected chi connectivity index (χ2v) is 7.37. The number of hydrogen-bond acceptors (Lipinski definition) is 4. The van der Waals surface area contributed by atoms with Gasteiger partial charge >= 0.3 is 0 Å². The molecule has 6 heteroatoms. The first-order valence-corrected chi connectivity index (χ1v) is 9.57. The first-order chi connectivity index (χ1) is 13.4. The van der Waals surface area contributed by atoms with Crippen LogP contribution in [-0.4, -0.2) is 51.1 Å². The van der Waals surface area contributed by atoms with E-state index in [9.17, 15) is 9.18 Å². The zero-order valence-electron chi connectivity index (χ0n) is 17.0. The van der Waals surface area contributed by atoms with Crippen molar-refractivity contribution in [2.45, 2.75) is 19.9 Å². The normalized spacial score (nSPS) is 16.0. The number of aryl methyl sites for hydroxylation is 1. The molecule has 2 aromatic carbocycles. The van der Waals surface area contributed by atoms with E-state index < -0.39 is 0 Å². The number of ether oxygens (including phenoxy) is 1. The Bertz CT molecular complexity index is 848. The summed E-state index contributed by atoms with van der Waals surface area (Å²) in [7, 11) is 3.68. The van der Waals surface area contributed by atoms with Crippen molar-refractivity contribution in [3.05, 3.63) is 58.9 Å². The molecule has 1 aliphatic rings. The summed E-state index contributed by atoms with van der Waals surface area (Å²) in [5.74, 6) is 0.162. The molecule has 2 aromatic rings. The summed E-state index contributed by atoms with van der Waals surface area (Å²) < 4.78 is 19.3. The summed E-state index contributed by atoms with van der Waals surface area (Å²) in [6, 6.07) is 9.84. The maximum Gasteiger partial charge on any atom is 0.251 e. The van der Waals surface area contributed by atoms with Crippen LogP contribution in [-0.2, 0) is 0 Å². The van der Waals surface area contributed by atoms with Crippen LogP contribution in [0.3, 0.4) is 0 Å². The van der Waals surface area contributed by atoms with E-state index in [-0.39, 0.29) is 17.8 Å². The Morgan fingerprint density at radius 2 is 1.86 bits per heavy atom. The van der Waals surface area contributed by atoms with E-state index in [2.05, 4.69) is 22.2 Å². The molecule has 1 saturated heterocycles. The van der Waals surface area contributed by atoms with E-state index in [4.69, 9.17) is 4.74 Å². The van der Waals surface area contributed by atoms with E-state index in [0.717, 1.165) is 43.0 Å². The summed E-state index contributed by atoms with van der Waals surface area (Å²) >= 11 is 0. The average Bonchev–Trinajstić information content (AvgIpc) is 2.69. The Morgan fingerprint density at radius 3 is 2.54 bits per heavy atom. The van der Waals surface area contributed by atoms with Crippen molar-refractivity contribution in [3.8, 4) is 5.75 Å². The van der Waals surface area contributed by atoms with Crippen molar-refractivity contribution in [2.24, 2.45) is 0 Å². The number of benzene rings is 2. The van der Waals surface area contributed by atoms with Gasteiger partial charge in [-0.1, -0.05) is 6.07 Å². The standard InChI is InChI=1S/C22H28FN3O2/c1-15-5-6-17(13-21(15)28-4)22(27)24-16(2)19-14-18(23)7-8-20(19)26-11-9-25(3)10-12-26/h5-8,13-14,16H,9-12H2,1-4H3,(H,24,27). The fraction of sp³-hybridized carbons (Fsp3) is 0.409. The Labute approximate surface area is 166 Å². The van der Waals surface area contributed by atoms with Gasteiger partial charge in [-0.2, -0.15) is 0 Å². The molecule has 0 aliphatic carbocycles. The second-order valence-electron chi connectivity index (χ2n) is 7.37. The van der Waals surface area contributed by atoms with Crippen LogP contribution >= 0.6 is 0 Å². The highest BCUT2D eigenvalue weighted by Crippen LogP contribution is 2.29. The third-order valence-electron chi connectivity index (χ3n) is 5.32. The number of amides is 1. The zero-order chi connectivity index (χ0) is 20.3. The fourth-order valence-electron chi connectivity index (χ4n) is 3.53. The van der Waals surface area contributed by atoms with Crippen molar-refractivity contribution in [1.29, 1.82) is 0 Å². The highest BCUT2D eigenvalue weighted by molar-refractivity contribution is 5.95. The van der Waals surface area contributed by atoms with E-state index >= 15 is 0 Å². The second kappa shape index (κ2) is 8.61. The summed E-state index contributed by atoms with van der Waals surface area (Å²) in [6.07, 6.45) is 0. The number of halogens is 1. The highest BCUT2D eigenvalue weighted by Gasteiger charge is 2.21. The van der Waals surface area contributed by atoms with Gasteiger partial charge in [0.25, 0.3) is 5.91 Å². The molecule has 1 fully saturated rings. The van der Waals surface area contributed by atoms with E-state index in [0.29, 0.717) is 11.3 Å². The first-order valence-electron chi connectivity index (χ1n) is 9.57. The minimum absolute atomic E-state index is 0.209. The van der Waals surface area contributed by atoms with Crippen LogP contribution in [0.15, 0.2) is 36.4 Å². The zero-order valence-corrected chi connectivity index (χ0v) is 17.0. The van der Waals surface area contributed by atoms with E-state index in [1.807, 2.05) is 26.0 Å². The summed E-state index contributed by atoms with van der Waals surface area (Å²) in [5, 5.41) is 3.00. The van der Waals surface area contributed by atoms with Crippen LogP contribution in [0.5, 0.6) is 5.75 Å². The predicted molar refractivity (Wildman–Crippen MR) is 110 cm³/mol. The number of rotatable bonds is 5. The van der Waals surface area contributed by atoms with Crippen molar-refractivity contribution in [3.63, 3.8) is 0 Å². The van der Waals surface area contributed by atoms with Gasteiger partial charge in [0.15, 0.2) is 0 Å². The van der Waals surface area contributed by atoms with Crippen LogP contribution < -0.4 is 15.0 Å². The maximum atomic E-state index is 14.0. The lowest BCUT2D eigenvalue weighted by atomic mass is 10.0. The topological polar surface area (TPSA) is 44.8 Å². The lowest BCUT2D eigenvalue weighted by molar-refractivity contribution is 0.0939. The van der Waals surface area contributed by atoms with Gasteiger partial charge in [-0.25, -0.2) is 4.39 Å². The molecular weight excluding hydrogens is 357 g/mol. The molecule has 1 heterocycles. The Kier molecular flexibility index (Phi) is 6.19. The van der Waals surface area contributed by atoms with Gasteiger partial charge in [-0.3, -0.25) is 4.79 Å². The van der Waals surface area contributed by atoms with Gasteiger partial charge in [-0.05, 0) is 56.8 Å². The lowest BCUT2D eigenvalue weighted by Gasteiger charge is -2.36.